The third-order valence-electron chi connectivity index (χ3n) is 3.08. The Morgan fingerprint density at radius 3 is 2.52 bits per heavy atom. The van der Waals surface area contributed by atoms with Crippen LogP contribution in [0.3, 0.4) is 0 Å². The number of aromatic carboxylic acids is 1. The molecule has 0 aliphatic carbocycles. The van der Waals surface area contributed by atoms with Crippen LogP contribution in [-0.2, 0) is 10.0 Å². The van der Waals surface area contributed by atoms with E-state index in [0.717, 1.165) is 30.8 Å². The zero-order valence-corrected chi connectivity index (χ0v) is 14.2. The van der Waals surface area contributed by atoms with Gasteiger partial charge in [0.05, 0.1) is 4.90 Å². The second-order valence-electron chi connectivity index (χ2n) is 4.67. The first-order chi connectivity index (χ1) is 9.81. The van der Waals surface area contributed by atoms with Crippen LogP contribution >= 0.6 is 11.3 Å². The number of sulfonamides is 1. The van der Waals surface area contributed by atoms with Gasteiger partial charge in [-0.1, -0.05) is 13.8 Å². The summed E-state index contributed by atoms with van der Waals surface area (Å²) in [4.78, 5) is 13.6. The minimum Gasteiger partial charge on any atom is -0.477 e. The van der Waals surface area contributed by atoms with E-state index in [4.69, 9.17) is 5.11 Å². The smallest absolute Gasteiger partial charge is 0.345 e. The van der Waals surface area contributed by atoms with E-state index in [2.05, 4.69) is 16.5 Å². The summed E-state index contributed by atoms with van der Waals surface area (Å²) in [6, 6.07) is 1.22. The average Bonchev–Trinajstić information content (AvgIpc) is 2.80. The van der Waals surface area contributed by atoms with E-state index in [0.29, 0.717) is 18.0 Å². The third-order valence-corrected chi connectivity index (χ3v) is 5.83. The number of carboxylic acids is 1. The molecule has 0 atom stereocenters. The number of aryl methyl sites for hydroxylation is 1. The maximum Gasteiger partial charge on any atom is 0.345 e. The van der Waals surface area contributed by atoms with E-state index in [1.54, 1.807) is 6.92 Å². The normalized spacial score (nSPS) is 12.0. The number of carboxylic acid groups (broad SMARTS) is 1. The monoisotopic (exact) mass is 334 g/mol. The molecule has 120 valence electrons. The van der Waals surface area contributed by atoms with Gasteiger partial charge in [0.1, 0.15) is 4.88 Å². The van der Waals surface area contributed by atoms with Crippen molar-refractivity contribution in [1.82, 2.24) is 9.62 Å². The van der Waals surface area contributed by atoms with Gasteiger partial charge in [-0.25, -0.2) is 17.9 Å². The highest BCUT2D eigenvalue weighted by Gasteiger charge is 2.21. The predicted octanol–water partition coefficient (Wildman–Crippen LogP) is 1.76. The fourth-order valence-electron chi connectivity index (χ4n) is 2.00. The second-order valence-corrected chi connectivity index (χ2v) is 7.66. The van der Waals surface area contributed by atoms with Gasteiger partial charge in [-0.15, -0.1) is 11.3 Å². The summed E-state index contributed by atoms with van der Waals surface area (Å²) >= 11 is 0.973. The van der Waals surface area contributed by atoms with E-state index >= 15 is 0 Å². The standard InChI is InChI=1S/C13H22N2O4S2/c1-4-7-15(5-2)8-6-14-21(18,19)12-9-11(13(16)17)20-10(12)3/h9,14H,4-8H2,1-3H3,(H,16,17). The van der Waals surface area contributed by atoms with E-state index < -0.39 is 16.0 Å². The first kappa shape index (κ1) is 18.1. The molecule has 1 aromatic rings. The highest BCUT2D eigenvalue weighted by molar-refractivity contribution is 7.89. The summed E-state index contributed by atoms with van der Waals surface area (Å²) in [5.74, 6) is -1.11. The lowest BCUT2D eigenvalue weighted by Gasteiger charge is -2.19. The zero-order valence-electron chi connectivity index (χ0n) is 12.5. The molecule has 0 unspecified atom stereocenters. The van der Waals surface area contributed by atoms with Gasteiger partial charge >= 0.3 is 5.97 Å². The van der Waals surface area contributed by atoms with Crippen molar-refractivity contribution in [2.24, 2.45) is 0 Å². The number of likely N-dealkylation sites (N-methyl/N-ethyl adjacent to an activating group) is 1. The highest BCUT2D eigenvalue weighted by atomic mass is 32.2. The molecule has 0 aliphatic heterocycles. The van der Waals surface area contributed by atoms with Crippen LogP contribution in [0, 0.1) is 6.92 Å². The SMILES string of the molecule is CCCN(CC)CCNS(=O)(=O)c1cc(C(=O)O)sc1C. The summed E-state index contributed by atoms with van der Waals surface area (Å²) < 4.78 is 26.9. The average molecular weight is 334 g/mol. The number of rotatable bonds is 9. The topological polar surface area (TPSA) is 86.7 Å². The van der Waals surface area contributed by atoms with E-state index in [-0.39, 0.29) is 9.77 Å². The Kier molecular flexibility index (Phi) is 6.79. The van der Waals surface area contributed by atoms with Crippen LogP contribution in [0.4, 0.5) is 0 Å². The molecule has 0 amide bonds. The van der Waals surface area contributed by atoms with Gasteiger partial charge in [0.25, 0.3) is 0 Å². The maximum atomic E-state index is 12.2. The maximum absolute atomic E-state index is 12.2. The minimum atomic E-state index is -3.65. The predicted molar refractivity (Wildman–Crippen MR) is 83.6 cm³/mol. The van der Waals surface area contributed by atoms with Gasteiger partial charge in [-0.2, -0.15) is 0 Å². The molecule has 21 heavy (non-hydrogen) atoms. The number of carbonyl (C=O) groups is 1. The molecule has 1 rings (SSSR count). The largest absolute Gasteiger partial charge is 0.477 e. The fraction of sp³-hybridized carbons (Fsp3) is 0.615. The lowest BCUT2D eigenvalue weighted by molar-refractivity contribution is 0.0702. The van der Waals surface area contributed by atoms with Crippen LogP contribution in [0.1, 0.15) is 34.8 Å². The summed E-state index contributed by atoms with van der Waals surface area (Å²) in [6.07, 6.45) is 1.02. The van der Waals surface area contributed by atoms with Gasteiger partial charge in [0.2, 0.25) is 10.0 Å². The Bertz CT molecular complexity index is 581. The van der Waals surface area contributed by atoms with Crippen molar-refractivity contribution in [3.05, 3.63) is 15.8 Å². The van der Waals surface area contributed by atoms with Crippen molar-refractivity contribution in [3.63, 3.8) is 0 Å². The van der Waals surface area contributed by atoms with Gasteiger partial charge in [0, 0.05) is 18.0 Å². The van der Waals surface area contributed by atoms with Crippen LogP contribution in [-0.4, -0.2) is 50.6 Å². The minimum absolute atomic E-state index is 0.0362. The molecule has 6 nitrogen and oxygen atoms in total. The molecule has 8 heteroatoms. The molecule has 0 spiro atoms. The lowest BCUT2D eigenvalue weighted by Crippen LogP contribution is -2.35. The van der Waals surface area contributed by atoms with E-state index in [1.807, 2.05) is 6.92 Å². The highest BCUT2D eigenvalue weighted by Crippen LogP contribution is 2.25. The number of hydrogen-bond donors (Lipinski definition) is 2. The lowest BCUT2D eigenvalue weighted by atomic mass is 10.4. The van der Waals surface area contributed by atoms with Crippen LogP contribution in [0.25, 0.3) is 0 Å². The van der Waals surface area contributed by atoms with E-state index in [1.165, 1.54) is 6.07 Å². The molecule has 0 saturated carbocycles. The zero-order chi connectivity index (χ0) is 16.0. The molecule has 0 saturated heterocycles. The van der Waals surface area contributed by atoms with Crippen LogP contribution in [0.15, 0.2) is 11.0 Å². The van der Waals surface area contributed by atoms with Gasteiger partial charge < -0.3 is 10.0 Å². The van der Waals surface area contributed by atoms with Crippen molar-refractivity contribution in [3.8, 4) is 0 Å². The molecule has 0 bridgehead atoms. The molecule has 0 aromatic carbocycles. The molecule has 0 fully saturated rings. The Hall–Kier alpha value is -0.960. The van der Waals surface area contributed by atoms with Crippen LogP contribution < -0.4 is 4.72 Å². The summed E-state index contributed by atoms with van der Waals surface area (Å²) in [5.41, 5.74) is 0. The Labute approximate surface area is 129 Å². The summed E-state index contributed by atoms with van der Waals surface area (Å²) in [5, 5.41) is 8.92. The molecular weight excluding hydrogens is 312 g/mol. The number of hydrogen-bond acceptors (Lipinski definition) is 5. The van der Waals surface area contributed by atoms with Crippen molar-refractivity contribution in [1.29, 1.82) is 0 Å². The number of nitrogens with one attached hydrogen (secondary N) is 1. The first-order valence-electron chi connectivity index (χ1n) is 6.87. The van der Waals surface area contributed by atoms with Crippen LogP contribution in [0.2, 0.25) is 0 Å². The fourth-order valence-corrected chi connectivity index (χ4v) is 4.45. The van der Waals surface area contributed by atoms with Crippen molar-refractivity contribution in [2.75, 3.05) is 26.2 Å². The summed E-state index contributed by atoms with van der Waals surface area (Å²) in [7, 11) is -3.65. The molecule has 1 aromatic heterocycles. The van der Waals surface area contributed by atoms with Crippen LogP contribution in [0.5, 0.6) is 0 Å². The molecular formula is C13H22N2O4S2. The van der Waals surface area contributed by atoms with Gasteiger partial charge in [0.15, 0.2) is 0 Å². The molecule has 2 N–H and O–H groups in total. The quantitative estimate of drug-likeness (QED) is 0.719. The van der Waals surface area contributed by atoms with Crippen molar-refractivity contribution < 1.29 is 18.3 Å². The third kappa shape index (κ3) is 5.06. The van der Waals surface area contributed by atoms with Gasteiger partial charge in [-0.05, 0) is 32.5 Å². The Morgan fingerprint density at radius 2 is 2.05 bits per heavy atom. The Balaban J connectivity index is 2.71. The molecule has 0 aliphatic rings. The number of thiophene rings is 1. The van der Waals surface area contributed by atoms with Crippen molar-refractivity contribution >= 4 is 27.3 Å². The summed E-state index contributed by atoms with van der Waals surface area (Å²) in [6.45, 7) is 8.48. The molecule has 1 heterocycles. The molecule has 0 radical (unpaired) electrons. The second kappa shape index (κ2) is 7.88. The Morgan fingerprint density at radius 1 is 1.38 bits per heavy atom. The van der Waals surface area contributed by atoms with E-state index in [9.17, 15) is 13.2 Å². The first-order valence-corrected chi connectivity index (χ1v) is 9.17. The number of nitrogens with zero attached hydrogens (tertiary/aromatic N) is 1. The van der Waals surface area contributed by atoms with Gasteiger partial charge in [-0.3, -0.25) is 0 Å². The van der Waals surface area contributed by atoms with Crippen molar-refractivity contribution in [2.45, 2.75) is 32.1 Å².